The van der Waals surface area contributed by atoms with E-state index in [1.807, 2.05) is 0 Å². The molecule has 2 rings (SSSR count). The predicted molar refractivity (Wildman–Crippen MR) is 61.3 cm³/mol. The first-order valence-corrected chi connectivity index (χ1v) is 6.36. The minimum atomic E-state index is 0.302. The van der Waals surface area contributed by atoms with Gasteiger partial charge in [-0.3, -0.25) is 4.90 Å². The van der Waals surface area contributed by atoms with Gasteiger partial charge in [-0.1, -0.05) is 26.7 Å². The maximum Gasteiger partial charge on any atom is 0.0672 e. The Morgan fingerprint density at radius 2 is 1.67 bits per heavy atom. The highest BCUT2D eigenvalue weighted by atomic mass is 15.2. The van der Waals surface area contributed by atoms with Gasteiger partial charge in [-0.05, 0) is 24.7 Å². The number of hydrogen-bond acceptors (Lipinski definition) is 2. The van der Waals surface area contributed by atoms with Gasteiger partial charge in [0.1, 0.15) is 0 Å². The van der Waals surface area contributed by atoms with Gasteiger partial charge < -0.3 is 0 Å². The van der Waals surface area contributed by atoms with Gasteiger partial charge in [0.05, 0.1) is 12.0 Å². The van der Waals surface area contributed by atoms with Crippen LogP contribution in [-0.4, -0.2) is 24.0 Å². The van der Waals surface area contributed by atoms with Crippen molar-refractivity contribution in [2.75, 3.05) is 13.1 Å². The van der Waals surface area contributed by atoms with Gasteiger partial charge in [0.25, 0.3) is 0 Å². The second kappa shape index (κ2) is 4.53. The molecule has 0 bridgehead atoms. The van der Waals surface area contributed by atoms with Crippen molar-refractivity contribution in [3.63, 3.8) is 0 Å². The van der Waals surface area contributed by atoms with Crippen LogP contribution in [-0.2, 0) is 0 Å². The van der Waals surface area contributed by atoms with E-state index in [1.54, 1.807) is 0 Å². The number of rotatable bonds is 1. The van der Waals surface area contributed by atoms with Gasteiger partial charge >= 0.3 is 0 Å². The zero-order valence-corrected chi connectivity index (χ0v) is 9.95. The van der Waals surface area contributed by atoms with E-state index in [4.69, 9.17) is 0 Å². The summed E-state index contributed by atoms with van der Waals surface area (Å²) in [6.07, 6.45) is 4.95. The monoisotopic (exact) mass is 206 g/mol. The quantitative estimate of drug-likeness (QED) is 0.659. The van der Waals surface area contributed by atoms with E-state index in [9.17, 15) is 5.26 Å². The lowest BCUT2D eigenvalue weighted by atomic mass is 9.84. The first-order chi connectivity index (χ1) is 7.22. The van der Waals surface area contributed by atoms with E-state index in [0.717, 1.165) is 18.3 Å². The summed E-state index contributed by atoms with van der Waals surface area (Å²) in [6, 6.07) is 3.08. The summed E-state index contributed by atoms with van der Waals surface area (Å²) in [4.78, 5) is 2.59. The molecular formula is C13H22N2. The lowest BCUT2D eigenvalue weighted by Gasteiger charge is -2.34. The summed E-state index contributed by atoms with van der Waals surface area (Å²) >= 11 is 0. The number of hydrogen-bond donors (Lipinski definition) is 0. The summed E-state index contributed by atoms with van der Waals surface area (Å²) in [5.74, 6) is 1.92. The van der Waals surface area contributed by atoms with E-state index in [-0.39, 0.29) is 0 Å². The van der Waals surface area contributed by atoms with Gasteiger partial charge in [-0.15, -0.1) is 0 Å². The van der Waals surface area contributed by atoms with Crippen molar-refractivity contribution in [3.8, 4) is 6.07 Å². The molecule has 4 unspecified atom stereocenters. The second-order valence-corrected chi connectivity index (χ2v) is 5.50. The van der Waals surface area contributed by atoms with Crippen LogP contribution in [0.1, 0.15) is 39.5 Å². The van der Waals surface area contributed by atoms with E-state index in [0.29, 0.717) is 12.0 Å². The summed E-state index contributed by atoms with van der Waals surface area (Å²) in [6.45, 7) is 7.11. The van der Waals surface area contributed by atoms with Gasteiger partial charge in [0.2, 0.25) is 0 Å². The third-order valence-corrected chi connectivity index (χ3v) is 4.38. The maximum absolute atomic E-state index is 9.18. The highest BCUT2D eigenvalue weighted by Crippen LogP contribution is 2.33. The van der Waals surface area contributed by atoms with E-state index in [2.05, 4.69) is 24.8 Å². The van der Waals surface area contributed by atoms with Crippen molar-refractivity contribution in [1.29, 1.82) is 5.26 Å². The minimum absolute atomic E-state index is 0.302. The average Bonchev–Trinajstić information content (AvgIpc) is 2.59. The standard InChI is InChI=1S/C13H22N2/c1-10-8-15(9-11(10)2)13-6-4-3-5-12(13)7-14/h10-13H,3-6,8-9H2,1-2H3. The van der Waals surface area contributed by atoms with E-state index in [1.165, 1.54) is 32.4 Å². The molecule has 1 saturated heterocycles. The Kier molecular flexibility index (Phi) is 3.31. The zero-order chi connectivity index (χ0) is 10.8. The topological polar surface area (TPSA) is 27.0 Å². The number of nitrogens with zero attached hydrogens (tertiary/aromatic N) is 2. The molecule has 2 nitrogen and oxygen atoms in total. The fourth-order valence-corrected chi connectivity index (χ4v) is 3.14. The third kappa shape index (κ3) is 2.18. The summed E-state index contributed by atoms with van der Waals surface area (Å²) < 4.78 is 0. The van der Waals surface area contributed by atoms with E-state index >= 15 is 0 Å². The largest absolute Gasteiger partial charge is 0.299 e. The van der Waals surface area contributed by atoms with Gasteiger partial charge in [0, 0.05) is 19.1 Å². The Balaban J connectivity index is 2.00. The van der Waals surface area contributed by atoms with Crippen LogP contribution in [0.25, 0.3) is 0 Å². The second-order valence-electron chi connectivity index (χ2n) is 5.50. The van der Waals surface area contributed by atoms with Gasteiger partial charge in [-0.25, -0.2) is 0 Å². The molecule has 1 aliphatic heterocycles. The fraction of sp³-hybridized carbons (Fsp3) is 0.923. The molecule has 0 aromatic rings. The van der Waals surface area contributed by atoms with E-state index < -0.39 is 0 Å². The van der Waals surface area contributed by atoms with Crippen LogP contribution < -0.4 is 0 Å². The molecule has 0 spiro atoms. The zero-order valence-electron chi connectivity index (χ0n) is 9.95. The highest BCUT2D eigenvalue weighted by molar-refractivity contribution is 4.97. The van der Waals surface area contributed by atoms with Crippen LogP contribution in [0.3, 0.4) is 0 Å². The first-order valence-electron chi connectivity index (χ1n) is 6.36. The van der Waals surface area contributed by atoms with Crippen molar-refractivity contribution in [3.05, 3.63) is 0 Å². The molecule has 84 valence electrons. The Morgan fingerprint density at radius 3 is 2.27 bits per heavy atom. The smallest absolute Gasteiger partial charge is 0.0672 e. The molecule has 0 radical (unpaired) electrons. The van der Waals surface area contributed by atoms with Gasteiger partial charge in [-0.2, -0.15) is 5.26 Å². The van der Waals surface area contributed by atoms with Crippen molar-refractivity contribution in [1.82, 2.24) is 4.90 Å². The Hall–Kier alpha value is -0.550. The summed E-state index contributed by atoms with van der Waals surface area (Å²) in [5, 5.41) is 9.18. The highest BCUT2D eigenvalue weighted by Gasteiger charge is 2.36. The molecule has 2 aliphatic rings. The fourth-order valence-electron chi connectivity index (χ4n) is 3.14. The molecule has 0 aromatic heterocycles. The van der Waals surface area contributed by atoms with Crippen LogP contribution in [0, 0.1) is 29.1 Å². The predicted octanol–water partition coefficient (Wildman–Crippen LogP) is 2.66. The SMILES string of the molecule is CC1CN(C2CCCCC2C#N)CC1C. The van der Waals surface area contributed by atoms with Crippen molar-refractivity contribution >= 4 is 0 Å². The lowest BCUT2D eigenvalue weighted by Crippen LogP contribution is -2.40. The normalized spacial score (nSPS) is 42.7. The molecule has 1 heterocycles. The molecule has 2 fully saturated rings. The Bertz CT molecular complexity index is 246. The molecular weight excluding hydrogens is 184 g/mol. The lowest BCUT2D eigenvalue weighted by molar-refractivity contribution is 0.150. The maximum atomic E-state index is 9.18. The number of likely N-dealkylation sites (tertiary alicyclic amines) is 1. The minimum Gasteiger partial charge on any atom is -0.299 e. The van der Waals surface area contributed by atoms with Crippen LogP contribution in [0.2, 0.25) is 0 Å². The molecule has 1 aliphatic carbocycles. The van der Waals surface area contributed by atoms with Gasteiger partial charge in [0.15, 0.2) is 0 Å². The van der Waals surface area contributed by atoms with Crippen molar-refractivity contribution in [2.45, 2.75) is 45.6 Å². The number of nitriles is 1. The van der Waals surface area contributed by atoms with Crippen LogP contribution in [0.4, 0.5) is 0 Å². The first kappa shape index (κ1) is 11.0. The molecule has 0 N–H and O–H groups in total. The average molecular weight is 206 g/mol. The molecule has 0 aromatic carbocycles. The van der Waals surface area contributed by atoms with Crippen LogP contribution >= 0.6 is 0 Å². The molecule has 4 atom stereocenters. The Labute approximate surface area is 93.3 Å². The summed E-state index contributed by atoms with van der Waals surface area (Å²) in [5.41, 5.74) is 0. The van der Waals surface area contributed by atoms with Crippen molar-refractivity contribution in [2.24, 2.45) is 17.8 Å². The Morgan fingerprint density at radius 1 is 1.07 bits per heavy atom. The molecule has 2 heteroatoms. The van der Waals surface area contributed by atoms with Crippen LogP contribution in [0.15, 0.2) is 0 Å². The summed E-state index contributed by atoms with van der Waals surface area (Å²) in [7, 11) is 0. The molecule has 15 heavy (non-hydrogen) atoms. The molecule has 0 amide bonds. The van der Waals surface area contributed by atoms with Crippen molar-refractivity contribution < 1.29 is 0 Å². The van der Waals surface area contributed by atoms with Crippen LogP contribution in [0.5, 0.6) is 0 Å². The molecule has 1 saturated carbocycles. The third-order valence-electron chi connectivity index (χ3n) is 4.38.